The molecule has 0 heterocycles. The van der Waals surface area contributed by atoms with Crippen LogP contribution >= 0.6 is 11.8 Å². The summed E-state index contributed by atoms with van der Waals surface area (Å²) in [5.74, 6) is -0.102. The molecule has 1 aromatic rings. The van der Waals surface area contributed by atoms with Crippen LogP contribution in [0.4, 0.5) is 8.78 Å². The van der Waals surface area contributed by atoms with Crippen LogP contribution in [0.25, 0.3) is 0 Å². The molecule has 0 aliphatic heterocycles. The SMILES string of the molecule is CSc1cccc(CC(C)=O)c1C(F)F. The Hall–Kier alpha value is -0.900. The molecule has 1 rings (SSSR count). The van der Waals surface area contributed by atoms with E-state index in [4.69, 9.17) is 0 Å². The van der Waals surface area contributed by atoms with Crippen molar-refractivity contribution in [1.82, 2.24) is 0 Å². The summed E-state index contributed by atoms with van der Waals surface area (Å²) >= 11 is 1.27. The van der Waals surface area contributed by atoms with Crippen LogP contribution in [0.5, 0.6) is 0 Å². The van der Waals surface area contributed by atoms with E-state index in [1.165, 1.54) is 18.7 Å². The Bertz CT molecular complexity index is 364. The molecule has 82 valence electrons. The molecule has 0 unspecified atom stereocenters. The predicted octanol–water partition coefficient (Wildman–Crippen LogP) is 3.48. The fraction of sp³-hybridized carbons (Fsp3) is 0.364. The molecule has 0 spiro atoms. The molecule has 15 heavy (non-hydrogen) atoms. The minimum absolute atomic E-state index is 0.000185. The van der Waals surface area contributed by atoms with Gasteiger partial charge in [0.15, 0.2) is 0 Å². The van der Waals surface area contributed by atoms with Gasteiger partial charge in [-0.15, -0.1) is 11.8 Å². The number of hydrogen-bond acceptors (Lipinski definition) is 2. The highest BCUT2D eigenvalue weighted by Crippen LogP contribution is 2.32. The maximum absolute atomic E-state index is 12.8. The van der Waals surface area contributed by atoms with Crippen molar-refractivity contribution < 1.29 is 13.6 Å². The number of ketones is 1. The minimum atomic E-state index is -2.53. The lowest BCUT2D eigenvalue weighted by Gasteiger charge is -2.11. The third kappa shape index (κ3) is 3.02. The summed E-state index contributed by atoms with van der Waals surface area (Å²) in [6.07, 6.45) is -0.699. The largest absolute Gasteiger partial charge is 0.300 e. The standard InChI is InChI=1S/C11H12F2OS/c1-7(14)6-8-4-3-5-9(15-2)10(8)11(12)13/h3-5,11H,6H2,1-2H3. The van der Waals surface area contributed by atoms with Gasteiger partial charge < -0.3 is 0 Å². The van der Waals surface area contributed by atoms with Crippen LogP contribution in [0.2, 0.25) is 0 Å². The van der Waals surface area contributed by atoms with Gasteiger partial charge in [-0.2, -0.15) is 0 Å². The van der Waals surface area contributed by atoms with E-state index in [-0.39, 0.29) is 17.8 Å². The van der Waals surface area contributed by atoms with Crippen molar-refractivity contribution in [3.05, 3.63) is 29.3 Å². The van der Waals surface area contributed by atoms with E-state index in [1.807, 2.05) is 0 Å². The van der Waals surface area contributed by atoms with Crippen LogP contribution < -0.4 is 0 Å². The van der Waals surface area contributed by atoms with E-state index in [2.05, 4.69) is 0 Å². The lowest BCUT2D eigenvalue weighted by molar-refractivity contribution is -0.116. The first-order valence-corrected chi connectivity index (χ1v) is 5.72. The number of hydrogen-bond donors (Lipinski definition) is 0. The first-order chi connectivity index (χ1) is 7.06. The highest BCUT2D eigenvalue weighted by Gasteiger charge is 2.17. The van der Waals surface area contributed by atoms with Gasteiger partial charge in [-0.3, -0.25) is 4.79 Å². The van der Waals surface area contributed by atoms with E-state index < -0.39 is 6.43 Å². The number of thioether (sulfide) groups is 1. The Morgan fingerprint density at radius 2 is 2.13 bits per heavy atom. The van der Waals surface area contributed by atoms with Crippen molar-refractivity contribution in [2.75, 3.05) is 6.26 Å². The van der Waals surface area contributed by atoms with E-state index in [1.54, 1.807) is 24.5 Å². The van der Waals surface area contributed by atoms with E-state index in [9.17, 15) is 13.6 Å². The van der Waals surface area contributed by atoms with Crippen molar-refractivity contribution in [1.29, 1.82) is 0 Å². The van der Waals surface area contributed by atoms with Gasteiger partial charge in [-0.25, -0.2) is 8.78 Å². The molecule has 1 nitrogen and oxygen atoms in total. The van der Waals surface area contributed by atoms with Crippen LogP contribution in [-0.4, -0.2) is 12.0 Å². The van der Waals surface area contributed by atoms with Crippen LogP contribution in [0.15, 0.2) is 23.1 Å². The van der Waals surface area contributed by atoms with Gasteiger partial charge >= 0.3 is 0 Å². The van der Waals surface area contributed by atoms with E-state index >= 15 is 0 Å². The zero-order valence-electron chi connectivity index (χ0n) is 8.59. The predicted molar refractivity (Wildman–Crippen MR) is 57.6 cm³/mol. The summed E-state index contributed by atoms with van der Waals surface area (Å²) in [6.45, 7) is 1.40. The molecule has 0 aliphatic carbocycles. The maximum atomic E-state index is 12.8. The summed E-state index contributed by atoms with van der Waals surface area (Å²) < 4.78 is 25.6. The maximum Gasteiger partial charge on any atom is 0.265 e. The third-order valence-electron chi connectivity index (χ3n) is 2.03. The summed E-state index contributed by atoms with van der Waals surface area (Å²) in [7, 11) is 0. The second kappa shape index (κ2) is 5.26. The number of carbonyl (C=O) groups is 1. The number of Topliss-reactive ketones (excluding diaryl/α,β-unsaturated/α-hetero) is 1. The van der Waals surface area contributed by atoms with E-state index in [0.717, 1.165) is 0 Å². The second-order valence-corrected chi connectivity index (χ2v) is 4.06. The number of benzene rings is 1. The molecule has 0 radical (unpaired) electrons. The molecule has 0 bridgehead atoms. The highest BCUT2D eigenvalue weighted by molar-refractivity contribution is 7.98. The first kappa shape index (κ1) is 12.2. The van der Waals surface area contributed by atoms with Crippen molar-refractivity contribution in [2.45, 2.75) is 24.7 Å². The fourth-order valence-electron chi connectivity index (χ4n) is 1.44. The number of alkyl halides is 2. The molecule has 0 saturated carbocycles. The topological polar surface area (TPSA) is 17.1 Å². The Balaban J connectivity index is 3.19. The third-order valence-corrected chi connectivity index (χ3v) is 2.83. The fourth-order valence-corrected chi connectivity index (χ4v) is 2.09. The number of rotatable bonds is 4. The van der Waals surface area contributed by atoms with Crippen molar-refractivity contribution in [3.63, 3.8) is 0 Å². The molecular weight excluding hydrogens is 218 g/mol. The van der Waals surface area contributed by atoms with Crippen LogP contribution in [0.1, 0.15) is 24.5 Å². The highest BCUT2D eigenvalue weighted by atomic mass is 32.2. The molecule has 1 aromatic carbocycles. The van der Waals surface area contributed by atoms with E-state index in [0.29, 0.717) is 10.5 Å². The van der Waals surface area contributed by atoms with Gasteiger partial charge in [0.25, 0.3) is 6.43 Å². The number of carbonyl (C=O) groups excluding carboxylic acids is 1. The Labute approximate surface area is 91.9 Å². The average molecular weight is 230 g/mol. The quantitative estimate of drug-likeness (QED) is 0.737. The van der Waals surface area contributed by atoms with Crippen LogP contribution in [0, 0.1) is 0 Å². The molecular formula is C11H12F2OS. The lowest BCUT2D eigenvalue weighted by atomic mass is 10.0. The Morgan fingerprint density at radius 1 is 1.47 bits per heavy atom. The first-order valence-electron chi connectivity index (χ1n) is 4.49. The summed E-state index contributed by atoms with van der Waals surface area (Å²) in [5, 5.41) is 0. The van der Waals surface area contributed by atoms with Crippen molar-refractivity contribution in [3.8, 4) is 0 Å². The van der Waals surface area contributed by atoms with Crippen LogP contribution in [-0.2, 0) is 11.2 Å². The van der Waals surface area contributed by atoms with Gasteiger partial charge in [-0.1, -0.05) is 12.1 Å². The molecule has 0 saturated heterocycles. The zero-order valence-corrected chi connectivity index (χ0v) is 9.41. The number of halogens is 2. The summed E-state index contributed by atoms with van der Waals surface area (Å²) in [4.78, 5) is 11.5. The Kier molecular flexibility index (Phi) is 4.27. The monoisotopic (exact) mass is 230 g/mol. The second-order valence-electron chi connectivity index (χ2n) is 3.21. The molecule has 0 amide bonds. The minimum Gasteiger partial charge on any atom is -0.300 e. The molecule has 0 aromatic heterocycles. The Morgan fingerprint density at radius 3 is 2.60 bits per heavy atom. The van der Waals surface area contributed by atoms with Crippen molar-refractivity contribution in [2.24, 2.45) is 0 Å². The molecule has 0 N–H and O–H groups in total. The zero-order chi connectivity index (χ0) is 11.4. The molecule has 0 fully saturated rings. The molecule has 4 heteroatoms. The van der Waals surface area contributed by atoms with Gasteiger partial charge in [0, 0.05) is 16.9 Å². The summed E-state index contributed by atoms with van der Waals surface area (Å²) in [6, 6.07) is 4.94. The van der Waals surface area contributed by atoms with Crippen molar-refractivity contribution >= 4 is 17.5 Å². The van der Waals surface area contributed by atoms with Gasteiger partial charge in [0.2, 0.25) is 0 Å². The van der Waals surface area contributed by atoms with Gasteiger partial charge in [0.05, 0.1) is 0 Å². The van der Waals surface area contributed by atoms with Crippen LogP contribution in [0.3, 0.4) is 0 Å². The lowest BCUT2D eigenvalue weighted by Crippen LogP contribution is -2.02. The molecule has 0 atom stereocenters. The average Bonchev–Trinajstić information content (AvgIpc) is 2.15. The molecule has 0 aliphatic rings. The smallest absolute Gasteiger partial charge is 0.265 e. The van der Waals surface area contributed by atoms with Gasteiger partial charge in [0.1, 0.15) is 5.78 Å². The van der Waals surface area contributed by atoms with Gasteiger partial charge in [-0.05, 0) is 24.8 Å². The summed E-state index contributed by atoms with van der Waals surface area (Å²) in [5.41, 5.74) is 0.435. The normalized spacial score (nSPS) is 10.7.